The topological polar surface area (TPSA) is 77.5 Å². The van der Waals surface area contributed by atoms with Gasteiger partial charge in [-0.15, -0.1) is 0 Å². The Balaban J connectivity index is 2.35. The predicted octanol–water partition coefficient (Wildman–Crippen LogP) is 3.01. The molecule has 0 fully saturated rings. The van der Waals surface area contributed by atoms with Gasteiger partial charge in [0.25, 0.3) is 0 Å². The first-order valence-electron chi connectivity index (χ1n) is 7.22. The van der Waals surface area contributed by atoms with Crippen LogP contribution in [0.5, 0.6) is 5.88 Å². The maximum atomic E-state index is 11.9. The molecular weight excluding hydrogens is 296 g/mol. The second-order valence-corrected chi connectivity index (χ2v) is 6.04. The average molecular weight is 316 g/mol. The van der Waals surface area contributed by atoms with Crippen LogP contribution in [0.15, 0.2) is 30.3 Å². The van der Waals surface area contributed by atoms with Crippen LogP contribution in [-0.4, -0.2) is 30.1 Å². The molecule has 0 aliphatic rings. The maximum absolute atomic E-state index is 11.9. The molecule has 1 unspecified atom stereocenters. The zero-order chi connectivity index (χ0) is 17.0. The number of aromatic nitrogens is 1. The highest BCUT2D eigenvalue weighted by atomic mass is 16.6. The average Bonchev–Trinajstić information content (AvgIpc) is 2.49. The number of pyridine rings is 1. The quantitative estimate of drug-likeness (QED) is 0.877. The lowest BCUT2D eigenvalue weighted by Crippen LogP contribution is -2.35. The summed E-state index contributed by atoms with van der Waals surface area (Å²) in [6.07, 6.45) is -0.0529. The van der Waals surface area contributed by atoms with E-state index in [4.69, 9.17) is 9.47 Å². The Bertz CT molecular complexity index is 722. The molecule has 122 valence electrons. The van der Waals surface area contributed by atoms with Gasteiger partial charge in [-0.3, -0.25) is 0 Å². The number of ether oxygens (including phenoxy) is 2. The summed E-state index contributed by atoms with van der Waals surface area (Å²) in [5.41, 5.74) is 0.575. The zero-order valence-electron chi connectivity index (χ0n) is 13.6. The van der Waals surface area contributed by atoms with Crippen molar-refractivity contribution in [2.45, 2.75) is 32.4 Å². The number of carbonyl (C=O) groups excluding carboxylic acids is 2. The number of amides is 1. The molecule has 1 atom stereocenters. The van der Waals surface area contributed by atoms with Crippen molar-refractivity contribution in [2.24, 2.45) is 0 Å². The minimum absolute atomic E-state index is 0.289. The van der Waals surface area contributed by atoms with E-state index in [-0.39, 0.29) is 5.88 Å². The molecule has 0 saturated carbocycles. The molecule has 1 amide bonds. The van der Waals surface area contributed by atoms with Crippen molar-refractivity contribution in [2.75, 3.05) is 7.11 Å². The van der Waals surface area contributed by atoms with Gasteiger partial charge in [0.15, 0.2) is 0 Å². The van der Waals surface area contributed by atoms with Crippen LogP contribution < -0.4 is 10.1 Å². The van der Waals surface area contributed by atoms with Crippen molar-refractivity contribution in [3.05, 3.63) is 35.9 Å². The van der Waals surface area contributed by atoms with E-state index >= 15 is 0 Å². The standard InChI is InChI=1S/C17H20N2O4/c1-17(2,3)23-16(21)19-14(10-20)12-9-11-7-5-6-8-13(11)18-15(12)22-4/h5-10,14H,1-4H3,(H,19,21). The molecule has 0 bridgehead atoms. The predicted molar refractivity (Wildman–Crippen MR) is 86.5 cm³/mol. The van der Waals surface area contributed by atoms with Crippen molar-refractivity contribution >= 4 is 23.3 Å². The van der Waals surface area contributed by atoms with Gasteiger partial charge >= 0.3 is 6.09 Å². The third-order valence-corrected chi connectivity index (χ3v) is 3.05. The number of aldehydes is 1. The van der Waals surface area contributed by atoms with Crippen LogP contribution >= 0.6 is 0 Å². The number of methoxy groups -OCH3 is 1. The van der Waals surface area contributed by atoms with E-state index in [0.717, 1.165) is 10.9 Å². The summed E-state index contributed by atoms with van der Waals surface area (Å²) in [6, 6.07) is 8.33. The SMILES string of the molecule is COc1nc2ccccc2cc1C(C=O)NC(=O)OC(C)(C)C. The lowest BCUT2D eigenvalue weighted by atomic mass is 10.1. The third kappa shape index (κ3) is 4.18. The molecule has 23 heavy (non-hydrogen) atoms. The largest absolute Gasteiger partial charge is 0.481 e. The summed E-state index contributed by atoms with van der Waals surface area (Å²) in [5, 5.41) is 3.38. The van der Waals surface area contributed by atoms with E-state index in [1.165, 1.54) is 7.11 Å². The summed E-state index contributed by atoms with van der Waals surface area (Å²) in [5.74, 6) is 0.289. The van der Waals surface area contributed by atoms with Crippen molar-refractivity contribution in [3.63, 3.8) is 0 Å². The smallest absolute Gasteiger partial charge is 0.408 e. The third-order valence-electron chi connectivity index (χ3n) is 3.05. The number of carbonyl (C=O) groups is 2. The van der Waals surface area contributed by atoms with E-state index in [1.54, 1.807) is 26.8 Å². The van der Waals surface area contributed by atoms with Crippen molar-refractivity contribution in [1.82, 2.24) is 10.3 Å². The van der Waals surface area contributed by atoms with Crippen LogP contribution in [0.25, 0.3) is 10.9 Å². The second kappa shape index (κ2) is 6.64. The lowest BCUT2D eigenvalue weighted by molar-refractivity contribution is -0.109. The number of hydrogen-bond donors (Lipinski definition) is 1. The first kappa shape index (κ1) is 16.7. The first-order valence-corrected chi connectivity index (χ1v) is 7.22. The molecule has 1 aromatic carbocycles. The second-order valence-electron chi connectivity index (χ2n) is 6.04. The van der Waals surface area contributed by atoms with Crippen LogP contribution in [0.2, 0.25) is 0 Å². The Kier molecular flexibility index (Phi) is 4.83. The number of para-hydroxylation sites is 1. The summed E-state index contributed by atoms with van der Waals surface area (Å²) >= 11 is 0. The first-order chi connectivity index (χ1) is 10.8. The highest BCUT2D eigenvalue weighted by Gasteiger charge is 2.23. The molecule has 6 heteroatoms. The van der Waals surface area contributed by atoms with Gasteiger partial charge in [0, 0.05) is 10.9 Å². The lowest BCUT2D eigenvalue weighted by Gasteiger charge is -2.22. The monoisotopic (exact) mass is 316 g/mol. The van der Waals surface area contributed by atoms with Gasteiger partial charge in [-0.2, -0.15) is 0 Å². The van der Waals surface area contributed by atoms with E-state index in [1.807, 2.05) is 24.3 Å². The fourth-order valence-electron chi connectivity index (χ4n) is 2.12. The Hall–Kier alpha value is -2.63. The molecule has 2 aromatic rings. The molecule has 6 nitrogen and oxygen atoms in total. The van der Waals surface area contributed by atoms with Crippen LogP contribution in [-0.2, 0) is 9.53 Å². The van der Waals surface area contributed by atoms with E-state index in [2.05, 4.69) is 10.3 Å². The molecule has 0 spiro atoms. The van der Waals surface area contributed by atoms with Crippen molar-refractivity contribution in [1.29, 1.82) is 0 Å². The van der Waals surface area contributed by atoms with Gasteiger partial charge in [0.05, 0.1) is 12.6 Å². The summed E-state index contributed by atoms with van der Waals surface area (Å²) in [6.45, 7) is 5.25. The number of nitrogens with zero attached hydrogens (tertiary/aromatic N) is 1. The Morgan fingerprint density at radius 3 is 2.61 bits per heavy atom. The Morgan fingerprint density at radius 2 is 2.00 bits per heavy atom. The minimum Gasteiger partial charge on any atom is -0.481 e. The normalized spacial score (nSPS) is 12.5. The number of alkyl carbamates (subject to hydrolysis) is 1. The van der Waals surface area contributed by atoms with E-state index in [0.29, 0.717) is 11.8 Å². The Labute approximate surface area is 134 Å². The zero-order valence-corrected chi connectivity index (χ0v) is 13.6. The number of hydrogen-bond acceptors (Lipinski definition) is 5. The van der Waals surface area contributed by atoms with Crippen LogP contribution in [0.4, 0.5) is 4.79 Å². The summed E-state index contributed by atoms with van der Waals surface area (Å²) < 4.78 is 10.4. The summed E-state index contributed by atoms with van der Waals surface area (Å²) in [7, 11) is 1.47. The number of benzene rings is 1. The molecule has 0 aliphatic carbocycles. The van der Waals surface area contributed by atoms with Gasteiger partial charge in [-0.05, 0) is 32.9 Å². The fraction of sp³-hybridized carbons (Fsp3) is 0.353. The van der Waals surface area contributed by atoms with Crippen LogP contribution in [0.1, 0.15) is 32.4 Å². The van der Waals surface area contributed by atoms with Crippen LogP contribution in [0, 0.1) is 0 Å². The van der Waals surface area contributed by atoms with Crippen molar-refractivity contribution < 1.29 is 19.1 Å². The highest BCUT2D eigenvalue weighted by Crippen LogP contribution is 2.27. The molecule has 2 rings (SSSR count). The van der Waals surface area contributed by atoms with Crippen LogP contribution in [0.3, 0.4) is 0 Å². The minimum atomic E-state index is -0.906. The molecule has 0 aliphatic heterocycles. The van der Waals surface area contributed by atoms with Gasteiger partial charge in [0.2, 0.25) is 5.88 Å². The summed E-state index contributed by atoms with van der Waals surface area (Å²) in [4.78, 5) is 27.7. The maximum Gasteiger partial charge on any atom is 0.408 e. The fourth-order valence-corrected chi connectivity index (χ4v) is 2.12. The molecule has 1 heterocycles. The molecule has 0 radical (unpaired) electrons. The Morgan fingerprint density at radius 1 is 1.30 bits per heavy atom. The van der Waals surface area contributed by atoms with Gasteiger partial charge < -0.3 is 19.6 Å². The molecule has 1 N–H and O–H groups in total. The molecule has 0 saturated heterocycles. The van der Waals surface area contributed by atoms with Crippen molar-refractivity contribution in [3.8, 4) is 5.88 Å². The number of fused-ring (bicyclic) bond motifs is 1. The molecule has 1 aromatic heterocycles. The molecular formula is C17H20N2O4. The highest BCUT2D eigenvalue weighted by molar-refractivity contribution is 5.82. The number of rotatable bonds is 4. The van der Waals surface area contributed by atoms with E-state index < -0.39 is 17.7 Å². The van der Waals surface area contributed by atoms with E-state index in [9.17, 15) is 9.59 Å². The number of nitrogens with one attached hydrogen (secondary N) is 1. The van der Waals surface area contributed by atoms with Gasteiger partial charge in [-0.1, -0.05) is 18.2 Å². The van der Waals surface area contributed by atoms with Gasteiger partial charge in [0.1, 0.15) is 17.9 Å². The van der Waals surface area contributed by atoms with Gasteiger partial charge in [-0.25, -0.2) is 9.78 Å².